The summed E-state index contributed by atoms with van der Waals surface area (Å²) in [4.78, 5) is 4.60. The third kappa shape index (κ3) is 4.77. The highest BCUT2D eigenvalue weighted by Crippen LogP contribution is 2.40. The molecule has 2 aromatic heterocycles. The highest BCUT2D eigenvalue weighted by molar-refractivity contribution is 5.85. The number of para-hydroxylation sites is 2. The first-order valence-corrected chi connectivity index (χ1v) is 11.6. The molecule has 0 aliphatic heterocycles. The number of anilines is 2. The molecule has 176 valence electrons. The first-order valence-electron chi connectivity index (χ1n) is 11.6. The van der Waals surface area contributed by atoms with Gasteiger partial charge in [0.25, 0.3) is 6.01 Å². The monoisotopic (exact) mass is 466 g/mol. The maximum absolute atomic E-state index is 6.25. The maximum atomic E-state index is 6.25. The van der Waals surface area contributed by atoms with Crippen LogP contribution in [0.3, 0.4) is 0 Å². The fourth-order valence-electron chi connectivity index (χ4n) is 3.95. The molecule has 0 saturated heterocycles. The van der Waals surface area contributed by atoms with Crippen LogP contribution in [0.1, 0.15) is 25.8 Å². The number of ether oxygens (including phenoxy) is 1. The summed E-state index contributed by atoms with van der Waals surface area (Å²) in [5, 5.41) is 18.0. The van der Waals surface area contributed by atoms with Crippen LogP contribution in [0.5, 0.6) is 5.75 Å². The average Bonchev–Trinajstić information content (AvgIpc) is 3.56. The first kappa shape index (κ1) is 22.3. The SMILES string of the molecule is C/C=C/Cc1cc(-c2ccccc2-c2nn[nH]n2)cc(Nc2nc3ccccc3o2)c1OCCC. The Hall–Kier alpha value is -4.46. The number of aromatic amines is 1. The molecule has 0 amide bonds. The van der Waals surface area contributed by atoms with Crippen molar-refractivity contribution in [1.29, 1.82) is 0 Å². The number of benzene rings is 3. The van der Waals surface area contributed by atoms with E-state index in [1.54, 1.807) is 0 Å². The van der Waals surface area contributed by atoms with E-state index in [-0.39, 0.29) is 0 Å². The van der Waals surface area contributed by atoms with Gasteiger partial charge in [0.05, 0.1) is 12.3 Å². The van der Waals surface area contributed by atoms with Gasteiger partial charge >= 0.3 is 0 Å². The molecule has 3 aromatic carbocycles. The predicted octanol–water partition coefficient (Wildman–Crippen LogP) is 6.33. The van der Waals surface area contributed by atoms with Gasteiger partial charge in [0.2, 0.25) is 5.82 Å². The molecule has 2 N–H and O–H groups in total. The Kier molecular flexibility index (Phi) is 6.52. The zero-order chi connectivity index (χ0) is 24.0. The van der Waals surface area contributed by atoms with Crippen LogP contribution >= 0.6 is 0 Å². The quantitative estimate of drug-likeness (QED) is 0.245. The number of tetrazole rings is 1. The van der Waals surface area contributed by atoms with Crippen molar-refractivity contribution < 1.29 is 9.15 Å². The summed E-state index contributed by atoms with van der Waals surface area (Å²) >= 11 is 0. The van der Waals surface area contributed by atoms with Gasteiger partial charge in [-0.05, 0) is 60.4 Å². The molecule has 0 fully saturated rings. The van der Waals surface area contributed by atoms with Crippen LogP contribution < -0.4 is 10.1 Å². The molecule has 0 aliphatic carbocycles. The molecular weight excluding hydrogens is 440 g/mol. The number of rotatable bonds is 9. The number of hydrogen-bond donors (Lipinski definition) is 2. The summed E-state index contributed by atoms with van der Waals surface area (Å²) in [6.07, 6.45) is 5.77. The molecule has 5 rings (SSSR count). The van der Waals surface area contributed by atoms with E-state index in [2.05, 4.69) is 62.1 Å². The van der Waals surface area contributed by atoms with Crippen LogP contribution in [-0.4, -0.2) is 32.2 Å². The third-order valence-electron chi connectivity index (χ3n) is 5.55. The first-order chi connectivity index (χ1) is 17.3. The van der Waals surface area contributed by atoms with Gasteiger partial charge in [-0.3, -0.25) is 0 Å². The number of H-pyrrole nitrogens is 1. The fraction of sp³-hybridized carbons (Fsp3) is 0.185. The van der Waals surface area contributed by atoms with Crippen molar-refractivity contribution in [2.45, 2.75) is 26.7 Å². The number of aromatic nitrogens is 5. The van der Waals surface area contributed by atoms with Gasteiger partial charge < -0.3 is 14.5 Å². The van der Waals surface area contributed by atoms with E-state index >= 15 is 0 Å². The summed E-state index contributed by atoms with van der Waals surface area (Å²) < 4.78 is 12.2. The molecule has 0 radical (unpaired) electrons. The van der Waals surface area contributed by atoms with E-state index < -0.39 is 0 Å². The lowest BCUT2D eigenvalue weighted by molar-refractivity contribution is 0.316. The highest BCUT2D eigenvalue weighted by Gasteiger charge is 2.18. The van der Waals surface area contributed by atoms with Crippen LogP contribution in [0.2, 0.25) is 0 Å². The third-order valence-corrected chi connectivity index (χ3v) is 5.55. The molecule has 35 heavy (non-hydrogen) atoms. The van der Waals surface area contributed by atoms with E-state index in [0.29, 0.717) is 18.4 Å². The molecule has 0 spiro atoms. The molecule has 0 unspecified atom stereocenters. The van der Waals surface area contributed by atoms with Crippen LogP contribution in [0.25, 0.3) is 33.6 Å². The second-order valence-electron chi connectivity index (χ2n) is 8.03. The van der Waals surface area contributed by atoms with Gasteiger partial charge in [0, 0.05) is 11.1 Å². The Morgan fingerprint density at radius 1 is 1.06 bits per heavy atom. The van der Waals surface area contributed by atoms with E-state index in [1.807, 2.05) is 55.5 Å². The van der Waals surface area contributed by atoms with Gasteiger partial charge in [0.1, 0.15) is 11.3 Å². The van der Waals surface area contributed by atoms with Crippen molar-refractivity contribution in [3.8, 4) is 28.3 Å². The average molecular weight is 467 g/mol. The van der Waals surface area contributed by atoms with Crippen LogP contribution in [0.4, 0.5) is 11.7 Å². The lowest BCUT2D eigenvalue weighted by Crippen LogP contribution is -2.04. The van der Waals surface area contributed by atoms with Crippen molar-refractivity contribution in [2.75, 3.05) is 11.9 Å². The van der Waals surface area contributed by atoms with E-state index in [1.165, 1.54) is 0 Å². The predicted molar refractivity (Wildman–Crippen MR) is 137 cm³/mol. The zero-order valence-electron chi connectivity index (χ0n) is 19.7. The second kappa shape index (κ2) is 10.2. The Morgan fingerprint density at radius 3 is 2.66 bits per heavy atom. The lowest BCUT2D eigenvalue weighted by Gasteiger charge is -2.18. The van der Waals surface area contributed by atoms with Crippen molar-refractivity contribution in [3.05, 3.63) is 78.4 Å². The summed E-state index contributed by atoms with van der Waals surface area (Å²) in [7, 11) is 0. The van der Waals surface area contributed by atoms with Gasteiger partial charge in [-0.2, -0.15) is 10.2 Å². The van der Waals surface area contributed by atoms with Gasteiger partial charge in [-0.1, -0.05) is 55.5 Å². The van der Waals surface area contributed by atoms with Crippen LogP contribution in [-0.2, 0) is 6.42 Å². The Bertz CT molecular complexity index is 1420. The summed E-state index contributed by atoms with van der Waals surface area (Å²) in [5.41, 5.74) is 6.21. The largest absolute Gasteiger partial charge is 0.491 e. The molecule has 8 heteroatoms. The van der Waals surface area contributed by atoms with E-state index in [9.17, 15) is 0 Å². The van der Waals surface area contributed by atoms with Crippen molar-refractivity contribution in [1.82, 2.24) is 25.6 Å². The summed E-state index contributed by atoms with van der Waals surface area (Å²) in [6, 6.07) is 20.3. The molecule has 2 heterocycles. The van der Waals surface area contributed by atoms with E-state index in [0.717, 1.165) is 57.6 Å². The highest BCUT2D eigenvalue weighted by atomic mass is 16.5. The van der Waals surface area contributed by atoms with E-state index in [4.69, 9.17) is 9.15 Å². The topological polar surface area (TPSA) is 102 Å². The van der Waals surface area contributed by atoms with Crippen LogP contribution in [0, 0.1) is 0 Å². The minimum Gasteiger partial charge on any atom is -0.491 e. The second-order valence-corrected chi connectivity index (χ2v) is 8.03. The van der Waals surface area contributed by atoms with Gasteiger partial charge in [0.15, 0.2) is 5.58 Å². The van der Waals surface area contributed by atoms with Crippen molar-refractivity contribution in [3.63, 3.8) is 0 Å². The van der Waals surface area contributed by atoms with Gasteiger partial charge in [-0.15, -0.1) is 10.2 Å². The number of nitrogens with one attached hydrogen (secondary N) is 2. The standard InChI is InChI=1S/C27H26N6O2/c1-3-5-10-18-16-19(20-11-6-7-12-21(20)26-30-32-33-31-26)17-23(25(18)34-15-4-2)29-27-28-22-13-8-9-14-24(22)35-27/h3,5-9,11-14,16-17H,4,10,15H2,1-2H3,(H,28,29)(H,30,31,32,33)/b5-3+. The Balaban J connectivity index is 1.66. The minimum atomic E-state index is 0.410. The molecule has 8 nitrogen and oxygen atoms in total. The molecule has 0 atom stereocenters. The summed E-state index contributed by atoms with van der Waals surface area (Å²) in [6.45, 7) is 4.71. The molecule has 0 saturated carbocycles. The van der Waals surface area contributed by atoms with Gasteiger partial charge in [-0.25, -0.2) is 0 Å². The number of fused-ring (bicyclic) bond motifs is 1. The van der Waals surface area contributed by atoms with Crippen molar-refractivity contribution in [2.24, 2.45) is 0 Å². The number of nitrogens with zero attached hydrogens (tertiary/aromatic N) is 4. The molecule has 0 bridgehead atoms. The molecular formula is C27H26N6O2. The fourth-order valence-corrected chi connectivity index (χ4v) is 3.95. The van der Waals surface area contributed by atoms with Crippen LogP contribution in [0.15, 0.2) is 77.2 Å². The molecule has 5 aromatic rings. The number of hydrogen-bond acceptors (Lipinski definition) is 7. The number of allylic oxidation sites excluding steroid dienone is 2. The molecule has 0 aliphatic rings. The Morgan fingerprint density at radius 2 is 1.89 bits per heavy atom. The normalized spacial score (nSPS) is 11.4. The minimum absolute atomic E-state index is 0.410. The Labute approximate surface area is 203 Å². The lowest BCUT2D eigenvalue weighted by atomic mass is 9.95. The smallest absolute Gasteiger partial charge is 0.300 e. The number of oxazole rings is 1. The zero-order valence-corrected chi connectivity index (χ0v) is 19.7. The van der Waals surface area contributed by atoms with Crippen molar-refractivity contribution >= 4 is 22.8 Å². The summed E-state index contributed by atoms with van der Waals surface area (Å²) in [5.74, 6) is 1.32. The maximum Gasteiger partial charge on any atom is 0.300 e.